The molecule has 1 aliphatic heterocycles. The summed E-state index contributed by atoms with van der Waals surface area (Å²) >= 11 is 0. The third-order valence-electron chi connectivity index (χ3n) is 9.28. The number of aryl methyl sites for hydroxylation is 3. The van der Waals surface area contributed by atoms with Crippen molar-refractivity contribution in [2.75, 3.05) is 39.9 Å². The third-order valence-corrected chi connectivity index (χ3v) is 9.28. The van der Waals surface area contributed by atoms with Crippen molar-refractivity contribution in [2.45, 2.75) is 40.3 Å². The second-order valence-electron chi connectivity index (χ2n) is 13.2. The van der Waals surface area contributed by atoms with Crippen molar-refractivity contribution in [3.8, 4) is 28.9 Å². The summed E-state index contributed by atoms with van der Waals surface area (Å²) in [6.45, 7) is 11.6. The van der Waals surface area contributed by atoms with Gasteiger partial charge in [-0.05, 0) is 96.6 Å². The highest BCUT2D eigenvalue weighted by Gasteiger charge is 2.21. The number of ether oxygens (including phenoxy) is 4. The molecule has 0 bridgehead atoms. The number of piperazine rings is 1. The van der Waals surface area contributed by atoms with Crippen LogP contribution in [0.3, 0.4) is 0 Å². The van der Waals surface area contributed by atoms with Crippen molar-refractivity contribution in [1.82, 2.24) is 14.8 Å². The molecule has 1 saturated heterocycles. The fraction of sp³-hybridized carbons (Fsp3) is 0.273. The number of nitrogens with zero attached hydrogens (tertiary/aromatic N) is 3. The molecule has 1 aromatic heterocycles. The van der Waals surface area contributed by atoms with Gasteiger partial charge in [-0.25, -0.2) is 4.98 Å². The molecular weight excluding hydrogens is 650 g/mol. The van der Waals surface area contributed by atoms with E-state index in [1.165, 1.54) is 16.7 Å². The van der Waals surface area contributed by atoms with Crippen molar-refractivity contribution < 1.29 is 23.7 Å². The van der Waals surface area contributed by atoms with Crippen LogP contribution in [-0.2, 0) is 24.4 Å². The van der Waals surface area contributed by atoms with Crippen molar-refractivity contribution >= 4 is 12.0 Å². The minimum Gasteiger partial charge on any atom is -0.497 e. The molecule has 268 valence electrons. The zero-order valence-electron chi connectivity index (χ0n) is 30.5. The Bertz CT molecular complexity index is 1910. The molecule has 0 N–H and O–H groups in total. The van der Waals surface area contributed by atoms with E-state index in [4.69, 9.17) is 18.9 Å². The highest BCUT2D eigenvalue weighted by Crippen LogP contribution is 2.33. The number of methoxy groups -OCH3 is 1. The zero-order chi connectivity index (χ0) is 36.3. The molecule has 0 atom stereocenters. The van der Waals surface area contributed by atoms with Crippen LogP contribution in [0.4, 0.5) is 0 Å². The number of hydrogen-bond acceptors (Lipinski definition) is 8. The Morgan fingerprint density at radius 3 is 2.00 bits per heavy atom. The van der Waals surface area contributed by atoms with E-state index in [2.05, 4.69) is 82.4 Å². The lowest BCUT2D eigenvalue weighted by Crippen LogP contribution is -2.45. The summed E-state index contributed by atoms with van der Waals surface area (Å²) in [5.74, 6) is 3.60. The first kappa shape index (κ1) is 36.2. The molecule has 6 rings (SSSR count). The Balaban J connectivity index is 0.993. The number of benzene rings is 4. The molecule has 1 aliphatic rings. The minimum absolute atomic E-state index is 0.478. The molecule has 5 aromatic rings. The molecule has 0 aliphatic carbocycles. The molecule has 0 spiro atoms. The maximum Gasteiger partial charge on any atom is 0.219 e. The van der Waals surface area contributed by atoms with Crippen molar-refractivity contribution in [3.05, 3.63) is 148 Å². The maximum atomic E-state index is 11.8. The van der Waals surface area contributed by atoms with Crippen LogP contribution < -0.4 is 18.9 Å². The largest absolute Gasteiger partial charge is 0.497 e. The number of allylic oxidation sites excluding steroid dienone is 1. The molecule has 4 aromatic carbocycles. The summed E-state index contributed by atoms with van der Waals surface area (Å²) in [6, 6.07) is 32.6. The predicted molar refractivity (Wildman–Crippen MR) is 205 cm³/mol. The molecule has 0 saturated carbocycles. The van der Waals surface area contributed by atoms with Gasteiger partial charge in [0, 0.05) is 57.0 Å². The number of aromatic nitrogens is 1. The lowest BCUT2D eigenvalue weighted by Gasteiger charge is -2.37. The summed E-state index contributed by atoms with van der Waals surface area (Å²) < 4.78 is 23.3. The summed E-state index contributed by atoms with van der Waals surface area (Å²) in [7, 11) is 1.66. The van der Waals surface area contributed by atoms with E-state index < -0.39 is 0 Å². The van der Waals surface area contributed by atoms with E-state index in [0.717, 1.165) is 90.6 Å². The fourth-order valence-electron chi connectivity index (χ4n) is 6.35. The molecule has 1 fully saturated rings. The summed E-state index contributed by atoms with van der Waals surface area (Å²) in [5, 5.41) is 0. The summed E-state index contributed by atoms with van der Waals surface area (Å²) in [6.07, 6.45) is 5.09. The number of hydrogen-bond donors (Lipinski definition) is 0. The van der Waals surface area contributed by atoms with Crippen LogP contribution in [0.5, 0.6) is 28.9 Å². The van der Waals surface area contributed by atoms with Crippen LogP contribution in [0.15, 0.2) is 109 Å². The van der Waals surface area contributed by atoms with Crippen LogP contribution >= 0.6 is 0 Å². The summed E-state index contributed by atoms with van der Waals surface area (Å²) in [5.41, 5.74) is 8.75. The highest BCUT2D eigenvalue weighted by molar-refractivity contribution is 5.81. The van der Waals surface area contributed by atoms with E-state index in [0.29, 0.717) is 24.8 Å². The second-order valence-corrected chi connectivity index (χ2v) is 13.2. The Hall–Kier alpha value is -5.60. The maximum absolute atomic E-state index is 11.8. The lowest BCUT2D eigenvalue weighted by atomic mass is 10.0. The molecule has 52 heavy (non-hydrogen) atoms. The van der Waals surface area contributed by atoms with E-state index >= 15 is 0 Å². The molecule has 8 heteroatoms. The number of carbonyl (C=O) groups is 1. The van der Waals surface area contributed by atoms with Gasteiger partial charge in [-0.1, -0.05) is 54.1 Å². The van der Waals surface area contributed by atoms with Gasteiger partial charge in [0.05, 0.1) is 19.9 Å². The number of carbonyl (C=O) groups excluding carboxylic acids is 1. The topological polar surface area (TPSA) is 73.4 Å². The minimum atomic E-state index is 0.478. The standard InChI is InChI=1S/C44H47N3O5/c1-32-5-7-37(8-6-32)31-51-41-17-18-43(45-29-41)52-44-33(2)27-38(28-34(44)3)42(19-25-48)47-23-21-46(22-24-47)30-36-11-9-35(10-12-36)20-26-50-40-15-13-39(49-4)14-16-40/h5-19,25,27-29H,20-24,26,30-31H2,1-4H3/b42-19+. The molecular formula is C44H47N3O5. The molecule has 0 radical (unpaired) electrons. The van der Waals surface area contributed by atoms with Gasteiger partial charge in [-0.2, -0.15) is 0 Å². The highest BCUT2D eigenvalue weighted by atomic mass is 16.5. The van der Waals surface area contributed by atoms with Gasteiger partial charge in [0.1, 0.15) is 35.9 Å². The smallest absolute Gasteiger partial charge is 0.219 e. The van der Waals surface area contributed by atoms with Gasteiger partial charge in [0.25, 0.3) is 0 Å². The van der Waals surface area contributed by atoms with Crippen molar-refractivity contribution in [2.24, 2.45) is 0 Å². The quantitative estimate of drug-likeness (QED) is 0.0799. The first-order valence-corrected chi connectivity index (χ1v) is 17.8. The Kier molecular flexibility index (Phi) is 12.2. The zero-order valence-corrected chi connectivity index (χ0v) is 30.5. The van der Waals surface area contributed by atoms with Crippen LogP contribution in [0, 0.1) is 20.8 Å². The Morgan fingerprint density at radius 2 is 1.37 bits per heavy atom. The second kappa shape index (κ2) is 17.6. The predicted octanol–water partition coefficient (Wildman–Crippen LogP) is 8.37. The van der Waals surface area contributed by atoms with E-state index in [9.17, 15) is 4.79 Å². The molecule has 0 amide bonds. The van der Waals surface area contributed by atoms with Gasteiger partial charge in [-0.3, -0.25) is 9.69 Å². The third kappa shape index (κ3) is 9.80. The fourth-order valence-corrected chi connectivity index (χ4v) is 6.35. The Morgan fingerprint density at radius 1 is 0.731 bits per heavy atom. The summed E-state index contributed by atoms with van der Waals surface area (Å²) in [4.78, 5) is 21.1. The van der Waals surface area contributed by atoms with Gasteiger partial charge in [0.2, 0.25) is 5.88 Å². The van der Waals surface area contributed by atoms with E-state index in [-0.39, 0.29) is 0 Å². The van der Waals surface area contributed by atoms with Crippen LogP contribution in [0.2, 0.25) is 0 Å². The van der Waals surface area contributed by atoms with E-state index in [1.54, 1.807) is 19.4 Å². The first-order valence-electron chi connectivity index (χ1n) is 17.8. The van der Waals surface area contributed by atoms with Crippen molar-refractivity contribution in [3.63, 3.8) is 0 Å². The number of aldehydes is 1. The van der Waals surface area contributed by atoms with Crippen LogP contribution in [-0.4, -0.2) is 61.0 Å². The first-order chi connectivity index (χ1) is 25.4. The number of pyridine rings is 1. The monoisotopic (exact) mass is 697 g/mol. The lowest BCUT2D eigenvalue weighted by molar-refractivity contribution is -0.104. The SMILES string of the molecule is COc1ccc(OCCc2ccc(CN3CCN(/C(=C/C=O)c4cc(C)c(Oc5ccc(OCc6ccc(C)cc6)cn5)c(C)c4)CC3)cc2)cc1. The number of rotatable bonds is 15. The Labute approximate surface area is 307 Å². The van der Waals surface area contributed by atoms with Gasteiger partial charge >= 0.3 is 0 Å². The van der Waals surface area contributed by atoms with Gasteiger partial charge in [0.15, 0.2) is 0 Å². The van der Waals surface area contributed by atoms with Crippen molar-refractivity contribution in [1.29, 1.82) is 0 Å². The molecule has 2 heterocycles. The van der Waals surface area contributed by atoms with E-state index in [1.807, 2.05) is 50.2 Å². The van der Waals surface area contributed by atoms with Gasteiger partial charge < -0.3 is 23.8 Å². The molecule has 8 nitrogen and oxygen atoms in total. The molecule has 0 unspecified atom stereocenters. The normalized spacial score (nSPS) is 13.5. The average Bonchev–Trinajstić information content (AvgIpc) is 3.17. The van der Waals surface area contributed by atoms with Crippen LogP contribution in [0.1, 0.15) is 38.9 Å². The van der Waals surface area contributed by atoms with Gasteiger partial charge in [-0.15, -0.1) is 0 Å². The average molecular weight is 698 g/mol. The van der Waals surface area contributed by atoms with Crippen LogP contribution in [0.25, 0.3) is 5.70 Å².